The monoisotopic (exact) mass is 201 g/mol. The summed E-state index contributed by atoms with van der Waals surface area (Å²) >= 11 is 0. The zero-order chi connectivity index (χ0) is 9.90. The van der Waals surface area contributed by atoms with Crippen LogP contribution in [0.1, 0.15) is 26.0 Å². The van der Waals surface area contributed by atoms with Crippen LogP contribution in [0.5, 0.6) is 0 Å². The Hall–Kier alpha value is -0.380. The molecule has 0 atom stereocenters. The minimum Gasteiger partial charge on any atom is -0.550 e. The van der Waals surface area contributed by atoms with E-state index in [0.717, 1.165) is 5.69 Å². The average Bonchev–Trinajstić information content (AvgIpc) is 2.04. The second-order valence-corrected chi connectivity index (χ2v) is 3.65. The normalized spacial score (nSPS) is 10.4. The van der Waals surface area contributed by atoms with Gasteiger partial charge >= 0.3 is 29.6 Å². The number of pyridine rings is 1. The molecular formula is C10H12NNaO2. The van der Waals surface area contributed by atoms with Crippen molar-refractivity contribution in [2.45, 2.75) is 25.7 Å². The molecule has 4 heteroatoms. The number of hydrogen-bond acceptors (Lipinski definition) is 3. The largest absolute Gasteiger partial charge is 1.00 e. The Kier molecular flexibility index (Phi) is 5.34. The Bertz CT molecular complexity index is 298. The molecule has 0 amide bonds. The molecule has 70 valence electrons. The second-order valence-electron chi connectivity index (χ2n) is 3.65. The van der Waals surface area contributed by atoms with E-state index in [1.54, 1.807) is 12.3 Å². The van der Waals surface area contributed by atoms with E-state index in [2.05, 4.69) is 4.98 Å². The number of carbonyl (C=O) groups is 1. The Morgan fingerprint density at radius 1 is 1.50 bits per heavy atom. The first-order valence-electron chi connectivity index (χ1n) is 4.14. The summed E-state index contributed by atoms with van der Waals surface area (Å²) in [5.41, 5.74) is 0.319. The van der Waals surface area contributed by atoms with E-state index in [9.17, 15) is 9.90 Å². The SMILES string of the molecule is CC(C)(CC(=O)[O-])c1ccccn1.[Na+]. The number of carboxylic acid groups (broad SMARTS) is 1. The van der Waals surface area contributed by atoms with Gasteiger partial charge in [0.25, 0.3) is 0 Å². The number of rotatable bonds is 3. The van der Waals surface area contributed by atoms with Crippen molar-refractivity contribution >= 4 is 5.97 Å². The van der Waals surface area contributed by atoms with E-state index in [4.69, 9.17) is 0 Å². The molecule has 14 heavy (non-hydrogen) atoms. The number of carboxylic acids is 1. The predicted molar refractivity (Wildman–Crippen MR) is 46.9 cm³/mol. The quantitative estimate of drug-likeness (QED) is 0.508. The number of aromatic nitrogens is 1. The maximum atomic E-state index is 10.4. The number of aliphatic carboxylic acids is 1. The molecule has 0 saturated carbocycles. The van der Waals surface area contributed by atoms with Crippen LogP contribution >= 0.6 is 0 Å². The van der Waals surface area contributed by atoms with E-state index in [1.165, 1.54) is 0 Å². The summed E-state index contributed by atoms with van der Waals surface area (Å²) in [6.45, 7) is 3.68. The van der Waals surface area contributed by atoms with Crippen LogP contribution in [0.15, 0.2) is 24.4 Å². The third kappa shape index (κ3) is 3.78. The molecule has 0 spiro atoms. The van der Waals surface area contributed by atoms with Crippen molar-refractivity contribution in [1.29, 1.82) is 0 Å². The van der Waals surface area contributed by atoms with Crippen molar-refractivity contribution < 1.29 is 39.5 Å². The number of nitrogens with zero attached hydrogens (tertiary/aromatic N) is 1. The van der Waals surface area contributed by atoms with Gasteiger partial charge in [-0.1, -0.05) is 19.9 Å². The van der Waals surface area contributed by atoms with Gasteiger partial charge in [0.1, 0.15) is 0 Å². The van der Waals surface area contributed by atoms with Crippen molar-refractivity contribution in [1.82, 2.24) is 4.98 Å². The minimum atomic E-state index is -1.05. The molecule has 1 rings (SSSR count). The summed E-state index contributed by atoms with van der Waals surface area (Å²) in [7, 11) is 0. The number of carbonyl (C=O) groups excluding carboxylic acids is 1. The molecule has 0 aliphatic rings. The van der Waals surface area contributed by atoms with Gasteiger partial charge in [0, 0.05) is 23.3 Å². The average molecular weight is 201 g/mol. The van der Waals surface area contributed by atoms with Crippen LogP contribution < -0.4 is 34.7 Å². The molecule has 1 heterocycles. The predicted octanol–water partition coefficient (Wildman–Crippen LogP) is -2.50. The molecular weight excluding hydrogens is 189 g/mol. The molecule has 0 aromatic carbocycles. The standard InChI is InChI=1S/C10H13NO2.Na/c1-10(2,7-9(12)13)8-5-3-4-6-11-8;/h3-6H,7H2,1-2H3,(H,12,13);/q;+1/p-1. The topological polar surface area (TPSA) is 53.0 Å². The number of hydrogen-bond donors (Lipinski definition) is 0. The Balaban J connectivity index is 0.00000169. The third-order valence-corrected chi connectivity index (χ3v) is 1.94. The molecule has 0 fully saturated rings. The van der Waals surface area contributed by atoms with Crippen LogP contribution in [0, 0.1) is 0 Å². The molecule has 3 nitrogen and oxygen atoms in total. The molecule has 1 aromatic rings. The van der Waals surface area contributed by atoms with Gasteiger partial charge in [-0.25, -0.2) is 0 Å². The Morgan fingerprint density at radius 3 is 2.57 bits per heavy atom. The first-order valence-corrected chi connectivity index (χ1v) is 4.14. The van der Waals surface area contributed by atoms with E-state index in [1.807, 2.05) is 26.0 Å². The van der Waals surface area contributed by atoms with Gasteiger partial charge in [0.2, 0.25) is 0 Å². The van der Waals surface area contributed by atoms with Crippen molar-refractivity contribution in [3.63, 3.8) is 0 Å². The third-order valence-electron chi connectivity index (χ3n) is 1.94. The molecule has 0 aliphatic carbocycles. The fourth-order valence-corrected chi connectivity index (χ4v) is 1.21. The van der Waals surface area contributed by atoms with Gasteiger partial charge in [-0.15, -0.1) is 0 Å². The summed E-state index contributed by atoms with van der Waals surface area (Å²) in [5, 5.41) is 10.4. The summed E-state index contributed by atoms with van der Waals surface area (Å²) in [4.78, 5) is 14.6. The molecule has 0 N–H and O–H groups in total. The Morgan fingerprint density at radius 2 is 2.14 bits per heavy atom. The van der Waals surface area contributed by atoms with Gasteiger partial charge in [-0.05, 0) is 18.6 Å². The fourth-order valence-electron chi connectivity index (χ4n) is 1.21. The van der Waals surface area contributed by atoms with Crippen molar-refractivity contribution in [3.05, 3.63) is 30.1 Å². The first-order chi connectivity index (χ1) is 6.02. The maximum Gasteiger partial charge on any atom is 1.00 e. The fraction of sp³-hybridized carbons (Fsp3) is 0.400. The van der Waals surface area contributed by atoms with E-state index in [0.29, 0.717) is 0 Å². The van der Waals surface area contributed by atoms with Crippen LogP contribution in [-0.4, -0.2) is 11.0 Å². The van der Waals surface area contributed by atoms with Gasteiger partial charge < -0.3 is 9.90 Å². The van der Waals surface area contributed by atoms with Gasteiger partial charge in [0.05, 0.1) is 0 Å². The molecule has 1 aromatic heterocycles. The molecule has 0 radical (unpaired) electrons. The van der Waals surface area contributed by atoms with E-state index >= 15 is 0 Å². The summed E-state index contributed by atoms with van der Waals surface area (Å²) < 4.78 is 0. The smallest absolute Gasteiger partial charge is 0.550 e. The maximum absolute atomic E-state index is 10.4. The molecule has 0 unspecified atom stereocenters. The van der Waals surface area contributed by atoms with Crippen LogP contribution in [0.3, 0.4) is 0 Å². The Labute approximate surface area is 106 Å². The van der Waals surface area contributed by atoms with Gasteiger partial charge in [-0.2, -0.15) is 0 Å². The zero-order valence-corrected chi connectivity index (χ0v) is 10.8. The molecule has 0 bridgehead atoms. The zero-order valence-electron chi connectivity index (χ0n) is 8.78. The van der Waals surface area contributed by atoms with Crippen LogP contribution in [-0.2, 0) is 10.2 Å². The summed E-state index contributed by atoms with van der Waals surface area (Å²) in [5.74, 6) is -1.05. The van der Waals surface area contributed by atoms with Crippen molar-refractivity contribution in [2.24, 2.45) is 0 Å². The minimum absolute atomic E-state index is 0. The summed E-state index contributed by atoms with van der Waals surface area (Å²) in [6.07, 6.45) is 1.65. The van der Waals surface area contributed by atoms with Crippen molar-refractivity contribution in [3.8, 4) is 0 Å². The van der Waals surface area contributed by atoms with Gasteiger partial charge in [0.15, 0.2) is 0 Å². The van der Waals surface area contributed by atoms with Crippen molar-refractivity contribution in [2.75, 3.05) is 0 Å². The van der Waals surface area contributed by atoms with Crippen LogP contribution in [0.4, 0.5) is 0 Å². The summed E-state index contributed by atoms with van der Waals surface area (Å²) in [6, 6.07) is 5.47. The van der Waals surface area contributed by atoms with Crippen LogP contribution in [0.25, 0.3) is 0 Å². The van der Waals surface area contributed by atoms with Crippen LogP contribution in [0.2, 0.25) is 0 Å². The molecule has 0 aliphatic heterocycles. The second kappa shape index (κ2) is 5.49. The van der Waals surface area contributed by atoms with E-state index in [-0.39, 0.29) is 36.0 Å². The van der Waals surface area contributed by atoms with E-state index < -0.39 is 11.4 Å². The van der Waals surface area contributed by atoms with Gasteiger partial charge in [-0.3, -0.25) is 4.98 Å². The molecule has 0 saturated heterocycles. The first kappa shape index (κ1) is 13.6.